The summed E-state index contributed by atoms with van der Waals surface area (Å²) in [6, 6.07) is 16.6. The van der Waals surface area contributed by atoms with Gasteiger partial charge in [0.05, 0.1) is 49.1 Å². The van der Waals surface area contributed by atoms with Crippen molar-refractivity contribution in [1.29, 1.82) is 0 Å². The van der Waals surface area contributed by atoms with Crippen LogP contribution in [0.25, 0.3) is 45.1 Å². The second-order valence-electron chi connectivity index (χ2n) is 7.65. The van der Waals surface area contributed by atoms with Crippen LogP contribution in [0, 0.1) is 0 Å². The maximum absolute atomic E-state index is 10.6. The van der Waals surface area contributed by atoms with Crippen molar-refractivity contribution >= 4 is 52.5 Å². The standard InChI is InChI=1S/C21H14N4O2P2.2C2H5NO2.2V/c26-10-28-20-22-8-18(24-20)12-1-3-16-14(5-12)7-15-6-13(2-4-17(15)16)19-9-23-21(25-19)29-11-27;2*1-5-2(3)4;;/h1-6,8-9,28-29H,7H2,(H,22,24)(H,23,25);2*1H3,(H2,3,4);;/q-2;;;2*+2/p-2. The summed E-state index contributed by atoms with van der Waals surface area (Å²) in [5.74, 6) is 0. The van der Waals surface area contributed by atoms with Crippen molar-refractivity contribution in [3.63, 3.8) is 0 Å². The number of aromatic nitrogens is 4. The molecule has 5 rings (SSSR count). The zero-order chi connectivity index (χ0) is 28.4. The number of imidazole rings is 2. The summed E-state index contributed by atoms with van der Waals surface area (Å²) in [5.41, 5.74) is 22.1. The van der Waals surface area contributed by atoms with Crippen molar-refractivity contribution in [3.05, 3.63) is 71.4 Å². The Balaban J connectivity index is 0.000000609. The molecule has 1 aliphatic carbocycles. The van der Waals surface area contributed by atoms with Crippen LogP contribution in [0.2, 0.25) is 0 Å². The van der Waals surface area contributed by atoms with E-state index in [0.717, 1.165) is 43.2 Å². The topological polar surface area (TPSA) is 192 Å². The molecule has 2 aromatic heterocycles. The fourth-order valence-electron chi connectivity index (χ4n) is 3.71. The number of carbonyl (C=O) groups excluding carboxylic acids is 4. The van der Waals surface area contributed by atoms with Crippen LogP contribution < -0.4 is 11.1 Å². The molecule has 2 heterocycles. The summed E-state index contributed by atoms with van der Waals surface area (Å²) in [4.78, 5) is 54.5. The van der Waals surface area contributed by atoms with E-state index in [-0.39, 0.29) is 54.3 Å². The Morgan fingerprint density at radius 2 is 1.15 bits per heavy atom. The number of nitrogens with one attached hydrogen (secondary N) is 4. The predicted octanol–water partition coefficient (Wildman–Crippen LogP) is 4.39. The van der Waals surface area contributed by atoms with Crippen molar-refractivity contribution < 1.29 is 65.8 Å². The van der Waals surface area contributed by atoms with Gasteiger partial charge in [0.1, 0.15) is 0 Å². The third kappa shape index (κ3) is 9.97. The smallest absolute Gasteiger partial charge is 0.632 e. The Labute approximate surface area is 262 Å². The average molecular weight is 666 g/mol. The number of hydrogen-bond donors (Lipinski definition) is 2. The molecule has 208 valence electrons. The normalized spacial score (nSPS) is 10.6. The number of rotatable bonds is 6. The van der Waals surface area contributed by atoms with E-state index in [0.29, 0.717) is 11.1 Å². The maximum atomic E-state index is 10.6. The van der Waals surface area contributed by atoms with Gasteiger partial charge in [0.2, 0.25) is 12.2 Å². The number of amides is 2. The fraction of sp³-hybridized carbons (Fsp3) is 0.120. The van der Waals surface area contributed by atoms with E-state index in [9.17, 15) is 19.2 Å². The Morgan fingerprint density at radius 1 is 0.780 bits per heavy atom. The van der Waals surface area contributed by atoms with Crippen molar-refractivity contribution in [2.75, 3.05) is 14.2 Å². The van der Waals surface area contributed by atoms with Gasteiger partial charge in [-0.25, -0.2) is 22.0 Å². The zero-order valence-electron chi connectivity index (χ0n) is 21.6. The number of fused-ring (bicyclic) bond motifs is 3. The molecule has 0 aliphatic heterocycles. The van der Waals surface area contributed by atoms with E-state index in [1.54, 1.807) is 12.4 Å². The minimum absolute atomic E-state index is 0. The van der Waals surface area contributed by atoms with Gasteiger partial charge in [-0.2, -0.15) is 17.2 Å². The van der Waals surface area contributed by atoms with E-state index in [4.69, 9.17) is 11.5 Å². The van der Waals surface area contributed by atoms with E-state index in [1.165, 1.54) is 22.3 Å². The molecule has 2 aromatic carbocycles. The second-order valence-corrected chi connectivity index (χ2v) is 9.50. The van der Waals surface area contributed by atoms with Gasteiger partial charge in [-0.1, -0.05) is 24.3 Å². The summed E-state index contributed by atoms with van der Waals surface area (Å²) in [6.45, 7) is 0. The minimum Gasteiger partial charge on any atom is -0.632 e. The number of nitrogens with zero attached hydrogens (tertiary/aromatic N) is 2. The first-order valence-electron chi connectivity index (χ1n) is 11.0. The number of aromatic amines is 2. The van der Waals surface area contributed by atoms with Gasteiger partial charge in [-0.3, -0.25) is 9.59 Å². The van der Waals surface area contributed by atoms with Gasteiger partial charge in [0, 0.05) is 0 Å². The van der Waals surface area contributed by atoms with Crippen molar-refractivity contribution in [1.82, 2.24) is 19.9 Å². The quantitative estimate of drug-likeness (QED) is 0.197. The van der Waals surface area contributed by atoms with Crippen LogP contribution in [0.3, 0.4) is 0 Å². The van der Waals surface area contributed by atoms with Gasteiger partial charge in [0.15, 0.2) is 0 Å². The first-order chi connectivity index (χ1) is 18.8. The molecule has 2 radical (unpaired) electrons. The van der Waals surface area contributed by atoms with Gasteiger partial charge in [-0.15, -0.1) is 0 Å². The Morgan fingerprint density at radius 3 is 1.46 bits per heavy atom. The molecule has 4 aromatic rings. The van der Waals surface area contributed by atoms with Crippen LogP contribution in [0.5, 0.6) is 0 Å². The molecule has 0 spiro atoms. The number of carbonyl (C=O) groups is 2. The van der Waals surface area contributed by atoms with E-state index in [2.05, 4.69) is 65.8 Å². The van der Waals surface area contributed by atoms with Crippen LogP contribution in [-0.2, 0) is 62.6 Å². The summed E-state index contributed by atoms with van der Waals surface area (Å²) in [6.07, 6.45) is 2.38. The fourth-order valence-corrected chi connectivity index (χ4v) is 4.55. The van der Waals surface area contributed by atoms with E-state index in [1.807, 2.05) is 12.1 Å². The molecule has 2 unspecified atom stereocenters. The number of ether oxygens (including phenoxy) is 2. The van der Waals surface area contributed by atoms with Crippen molar-refractivity contribution in [2.24, 2.45) is 0 Å². The Kier molecular flexibility index (Phi) is 15.3. The monoisotopic (exact) mass is 666 g/mol. The molecule has 0 fully saturated rings. The van der Waals surface area contributed by atoms with E-state index >= 15 is 0 Å². The minimum atomic E-state index is -0.995. The largest absolute Gasteiger partial charge is 2.00 e. The van der Waals surface area contributed by atoms with E-state index < -0.39 is 12.2 Å². The molecule has 4 N–H and O–H groups in total. The molecule has 0 bridgehead atoms. The second kappa shape index (κ2) is 17.6. The van der Waals surface area contributed by atoms with Crippen molar-refractivity contribution in [2.45, 2.75) is 6.42 Å². The summed E-state index contributed by atoms with van der Waals surface area (Å²) in [5, 5.41) is 0. The predicted molar refractivity (Wildman–Crippen MR) is 151 cm³/mol. The molecule has 0 saturated heterocycles. The van der Waals surface area contributed by atoms with Gasteiger partial charge in [-0.05, 0) is 51.9 Å². The summed E-state index contributed by atoms with van der Waals surface area (Å²) < 4.78 is 7.56. The summed E-state index contributed by atoms with van der Waals surface area (Å²) >= 11 is 0. The number of H-pyrrole nitrogens is 2. The molecule has 12 nitrogen and oxygen atoms in total. The maximum Gasteiger partial charge on any atom is 2.00 e. The first-order valence-corrected chi connectivity index (χ1v) is 13.0. The van der Waals surface area contributed by atoms with Crippen LogP contribution in [-0.4, -0.2) is 58.4 Å². The zero-order valence-corrected chi connectivity index (χ0v) is 26.4. The first kappa shape index (κ1) is 35.8. The van der Waals surface area contributed by atoms with Crippen molar-refractivity contribution in [3.8, 4) is 33.6 Å². The van der Waals surface area contributed by atoms with Crippen LogP contribution in [0.15, 0.2) is 48.8 Å². The molecule has 2 atom stereocenters. The molecule has 1 aliphatic rings. The summed E-state index contributed by atoms with van der Waals surface area (Å²) in [7, 11) is 2.16. The molecule has 2 amide bonds. The van der Waals surface area contributed by atoms with Crippen LogP contribution in [0.1, 0.15) is 11.1 Å². The van der Waals surface area contributed by atoms with Gasteiger partial charge in [0.25, 0.3) is 0 Å². The van der Waals surface area contributed by atoms with Gasteiger partial charge >= 0.3 is 37.1 Å². The Bertz CT molecular complexity index is 1390. The number of methoxy groups -OCH3 is 2. The Hall–Kier alpha value is -3.23. The molecule has 0 saturated carbocycles. The van der Waals surface area contributed by atoms with Crippen LogP contribution in [0.4, 0.5) is 9.59 Å². The third-order valence-corrected chi connectivity index (χ3v) is 6.55. The average Bonchev–Trinajstić information content (AvgIpc) is 3.67. The molecule has 16 heteroatoms. The molecular formula is C25H22N6O6P2V2. The molecular weight excluding hydrogens is 644 g/mol. The van der Waals surface area contributed by atoms with Crippen LogP contribution >= 0.6 is 17.2 Å². The SMILES string of the molecule is COC([NH-])=O.COC([NH-])=O.O=[C-]Pc1ncc(-c2ccc3c(c2)Cc2cc(-c4cnc(P[C-]=O)[nH]4)ccc2-3)[nH]1.[V+2].[V+2]. The molecule has 41 heavy (non-hydrogen) atoms. The third-order valence-electron chi connectivity index (χ3n) is 5.36. The number of hydrogen-bond acceptors (Lipinski definition) is 8. The number of benzene rings is 2. The van der Waals surface area contributed by atoms with Gasteiger partial charge < -0.3 is 40.5 Å².